The maximum atomic E-state index is 12.6. The molecule has 144 valence electrons. The van der Waals surface area contributed by atoms with Crippen molar-refractivity contribution in [3.8, 4) is 5.75 Å². The quantitative estimate of drug-likeness (QED) is 0.859. The first kappa shape index (κ1) is 20.5. The van der Waals surface area contributed by atoms with Gasteiger partial charge in [-0.2, -0.15) is 0 Å². The second-order valence-corrected chi connectivity index (χ2v) is 6.96. The van der Waals surface area contributed by atoms with E-state index in [4.69, 9.17) is 4.74 Å². The summed E-state index contributed by atoms with van der Waals surface area (Å²) in [5, 5.41) is 3.09. The molecule has 0 spiro atoms. The van der Waals surface area contributed by atoms with Crippen molar-refractivity contribution in [3.05, 3.63) is 29.3 Å². The first-order valence-electron chi connectivity index (χ1n) is 9.02. The zero-order chi connectivity index (χ0) is 17.8. The molecule has 3 rings (SSSR count). The van der Waals surface area contributed by atoms with Gasteiger partial charge in [-0.3, -0.25) is 9.59 Å². The molecule has 1 N–H and O–H groups in total. The molecule has 6 nitrogen and oxygen atoms in total. The Bertz CT molecular complexity index is 653. The van der Waals surface area contributed by atoms with Gasteiger partial charge in [-0.25, -0.2) is 0 Å². The van der Waals surface area contributed by atoms with Gasteiger partial charge >= 0.3 is 0 Å². The Balaban J connectivity index is 0.00000243. The first-order valence-corrected chi connectivity index (χ1v) is 9.02. The Labute approximate surface area is 161 Å². The molecule has 7 heteroatoms. The lowest BCUT2D eigenvalue weighted by Crippen LogP contribution is -2.57. The van der Waals surface area contributed by atoms with E-state index in [9.17, 15) is 9.59 Å². The van der Waals surface area contributed by atoms with Crippen molar-refractivity contribution in [1.29, 1.82) is 0 Å². The van der Waals surface area contributed by atoms with Gasteiger partial charge in [0.2, 0.25) is 5.91 Å². The number of amides is 2. The molecule has 0 aliphatic carbocycles. The number of carbonyl (C=O) groups excluding carboxylic acids is 2. The van der Waals surface area contributed by atoms with Gasteiger partial charge in [-0.15, -0.1) is 12.4 Å². The van der Waals surface area contributed by atoms with Gasteiger partial charge in [0.05, 0.1) is 6.54 Å². The average Bonchev–Trinajstić information content (AvgIpc) is 2.62. The molecule has 26 heavy (non-hydrogen) atoms. The van der Waals surface area contributed by atoms with Crippen LogP contribution in [0.1, 0.15) is 24.0 Å². The highest BCUT2D eigenvalue weighted by Gasteiger charge is 2.31. The van der Waals surface area contributed by atoms with Crippen LogP contribution in [0.4, 0.5) is 0 Å². The average molecular weight is 382 g/mol. The summed E-state index contributed by atoms with van der Waals surface area (Å²) in [7, 11) is 0. The molecule has 2 heterocycles. The van der Waals surface area contributed by atoms with Crippen LogP contribution in [0.2, 0.25) is 0 Å². The van der Waals surface area contributed by atoms with Crippen LogP contribution in [0.15, 0.2) is 18.2 Å². The van der Waals surface area contributed by atoms with Crippen molar-refractivity contribution in [2.45, 2.75) is 32.7 Å². The number of piperidine rings is 1. The summed E-state index contributed by atoms with van der Waals surface area (Å²) in [6.45, 7) is 7.34. The molecule has 0 radical (unpaired) electrons. The number of ether oxygens (including phenoxy) is 1. The minimum atomic E-state index is -0.00631. The van der Waals surface area contributed by atoms with Gasteiger partial charge in [0, 0.05) is 32.2 Å². The first-order chi connectivity index (χ1) is 12.0. The van der Waals surface area contributed by atoms with Crippen molar-refractivity contribution in [2.75, 3.05) is 39.3 Å². The van der Waals surface area contributed by atoms with Crippen LogP contribution in [0.5, 0.6) is 5.75 Å². The largest absolute Gasteiger partial charge is 0.483 e. The minimum Gasteiger partial charge on any atom is -0.483 e. The second-order valence-electron chi connectivity index (χ2n) is 6.96. The van der Waals surface area contributed by atoms with Crippen molar-refractivity contribution in [1.82, 2.24) is 15.1 Å². The van der Waals surface area contributed by atoms with E-state index in [1.54, 1.807) is 0 Å². The fourth-order valence-corrected chi connectivity index (χ4v) is 3.54. The highest BCUT2D eigenvalue weighted by atomic mass is 35.5. The molecular weight excluding hydrogens is 354 g/mol. The summed E-state index contributed by atoms with van der Waals surface area (Å²) in [4.78, 5) is 28.4. The van der Waals surface area contributed by atoms with Crippen LogP contribution in [-0.4, -0.2) is 67.0 Å². The summed E-state index contributed by atoms with van der Waals surface area (Å²) >= 11 is 0. The van der Waals surface area contributed by atoms with Gasteiger partial charge in [-0.1, -0.05) is 12.1 Å². The molecule has 2 aliphatic heterocycles. The molecule has 0 bridgehead atoms. The van der Waals surface area contributed by atoms with Gasteiger partial charge in [0.25, 0.3) is 5.91 Å². The van der Waals surface area contributed by atoms with Crippen molar-refractivity contribution in [2.24, 2.45) is 0 Å². The number of piperazine rings is 1. The number of hydrogen-bond acceptors (Lipinski definition) is 4. The van der Waals surface area contributed by atoms with Crippen LogP contribution in [-0.2, 0) is 9.59 Å². The fraction of sp³-hybridized carbons (Fsp3) is 0.579. The van der Waals surface area contributed by atoms with Crippen LogP contribution < -0.4 is 10.1 Å². The molecule has 0 aromatic heterocycles. The second kappa shape index (κ2) is 9.24. The summed E-state index contributed by atoms with van der Waals surface area (Å²) in [6.07, 6.45) is 1.89. The van der Waals surface area contributed by atoms with Crippen LogP contribution >= 0.6 is 12.4 Å². The molecule has 1 atom stereocenters. The molecular formula is C19H28ClN3O3. The molecule has 1 aromatic carbocycles. The highest BCUT2D eigenvalue weighted by molar-refractivity contribution is 5.85. The van der Waals surface area contributed by atoms with Gasteiger partial charge in [0.15, 0.2) is 6.61 Å². The van der Waals surface area contributed by atoms with Crippen molar-refractivity contribution >= 4 is 24.2 Å². The van der Waals surface area contributed by atoms with E-state index in [2.05, 4.69) is 5.32 Å². The van der Waals surface area contributed by atoms with E-state index in [0.717, 1.165) is 49.4 Å². The third-order valence-electron chi connectivity index (χ3n) is 5.01. The van der Waals surface area contributed by atoms with E-state index >= 15 is 0 Å². The number of benzene rings is 1. The molecule has 1 aromatic rings. The van der Waals surface area contributed by atoms with Gasteiger partial charge in [-0.05, 0) is 43.9 Å². The van der Waals surface area contributed by atoms with E-state index in [0.29, 0.717) is 13.1 Å². The maximum absolute atomic E-state index is 12.6. The summed E-state index contributed by atoms with van der Waals surface area (Å²) < 4.78 is 5.75. The zero-order valence-electron chi connectivity index (χ0n) is 15.5. The normalized spacial score (nSPS) is 20.5. The molecule has 2 amide bonds. The Hall–Kier alpha value is -1.79. The molecule has 2 saturated heterocycles. The van der Waals surface area contributed by atoms with Crippen molar-refractivity contribution in [3.63, 3.8) is 0 Å². The van der Waals surface area contributed by atoms with Gasteiger partial charge in [0.1, 0.15) is 5.75 Å². The maximum Gasteiger partial charge on any atom is 0.260 e. The number of likely N-dealkylation sites (tertiary alicyclic amines) is 1. The number of nitrogens with zero attached hydrogens (tertiary/aromatic N) is 2. The summed E-state index contributed by atoms with van der Waals surface area (Å²) in [5.41, 5.74) is 2.14. The smallest absolute Gasteiger partial charge is 0.260 e. The predicted octanol–water partition coefficient (Wildman–Crippen LogP) is 1.53. The minimum absolute atomic E-state index is 0. The van der Waals surface area contributed by atoms with Crippen LogP contribution in [0.25, 0.3) is 0 Å². The van der Waals surface area contributed by atoms with Crippen LogP contribution in [0, 0.1) is 13.8 Å². The Morgan fingerprint density at radius 2 is 2.12 bits per heavy atom. The lowest BCUT2D eigenvalue weighted by Gasteiger charge is -2.41. The van der Waals surface area contributed by atoms with E-state index in [1.165, 1.54) is 0 Å². The number of aryl methyl sites for hydroxylation is 2. The van der Waals surface area contributed by atoms with Gasteiger partial charge < -0.3 is 19.9 Å². The van der Waals surface area contributed by atoms with E-state index < -0.39 is 0 Å². The summed E-state index contributed by atoms with van der Waals surface area (Å²) in [6, 6.07) is 6.13. The Morgan fingerprint density at radius 1 is 1.31 bits per heavy atom. The molecule has 0 saturated carbocycles. The number of hydrogen-bond donors (Lipinski definition) is 1. The number of nitrogens with one attached hydrogen (secondary N) is 1. The third-order valence-corrected chi connectivity index (χ3v) is 5.01. The topological polar surface area (TPSA) is 61.9 Å². The van der Waals surface area contributed by atoms with Crippen LogP contribution in [0.3, 0.4) is 0 Å². The monoisotopic (exact) mass is 381 g/mol. The lowest BCUT2D eigenvalue weighted by molar-refractivity contribution is -0.141. The summed E-state index contributed by atoms with van der Waals surface area (Å²) in [5.74, 6) is 0.893. The van der Waals surface area contributed by atoms with E-state index in [1.807, 2.05) is 41.8 Å². The van der Waals surface area contributed by atoms with Crippen molar-refractivity contribution < 1.29 is 14.3 Å². The molecule has 1 unspecified atom stereocenters. The third kappa shape index (κ3) is 4.89. The number of halogens is 1. The predicted molar refractivity (Wildman–Crippen MR) is 103 cm³/mol. The number of carbonyl (C=O) groups is 2. The number of rotatable bonds is 4. The van der Waals surface area contributed by atoms with E-state index in [-0.39, 0.29) is 36.9 Å². The Morgan fingerprint density at radius 3 is 2.88 bits per heavy atom. The Kier molecular flexibility index (Phi) is 7.29. The fourth-order valence-electron chi connectivity index (χ4n) is 3.54. The highest BCUT2D eigenvalue weighted by Crippen LogP contribution is 2.20. The standard InChI is InChI=1S/C19H27N3O3.ClH/c1-14-5-6-15(2)17(10-14)25-13-19(24)21-8-3-4-16(12-21)22-9-7-20-11-18(22)23;/h5-6,10,16,20H,3-4,7-9,11-13H2,1-2H3;1H. The molecule has 2 aliphatic rings. The molecule has 2 fully saturated rings. The zero-order valence-corrected chi connectivity index (χ0v) is 16.3. The SMILES string of the molecule is Cc1ccc(C)c(OCC(=O)N2CCCC(N3CCNCC3=O)C2)c1.Cl. The lowest BCUT2D eigenvalue weighted by atomic mass is 10.0.